The third-order valence-electron chi connectivity index (χ3n) is 6.13. The number of carbonyl (C=O) groups is 2. The number of rotatable bonds is 9. The van der Waals surface area contributed by atoms with E-state index >= 15 is 0 Å². The van der Waals surface area contributed by atoms with Crippen molar-refractivity contribution >= 4 is 57.8 Å². The fourth-order valence-electron chi connectivity index (χ4n) is 4.07. The highest BCUT2D eigenvalue weighted by Crippen LogP contribution is 2.43. The van der Waals surface area contributed by atoms with Gasteiger partial charge in [0.25, 0.3) is 5.91 Å². The highest BCUT2D eigenvalue weighted by Gasteiger charge is 2.21. The fourth-order valence-corrected chi connectivity index (χ4v) is 5.08. The van der Waals surface area contributed by atoms with Gasteiger partial charge in [-0.25, -0.2) is 9.97 Å². The van der Waals surface area contributed by atoms with Crippen LogP contribution in [0, 0.1) is 11.3 Å². The normalized spacial score (nSPS) is 13.2. The SMILES string of the molecule is CN(C)C/C=C/C(=O)Nc1cccc(C(=O)Nc2ccc(Nc3nccc(/C(C#N)=C4\Nc5ccccc5S4)n3)cc2)c1. The van der Waals surface area contributed by atoms with Crippen molar-refractivity contribution in [2.45, 2.75) is 4.90 Å². The molecule has 0 bridgehead atoms. The van der Waals surface area contributed by atoms with Gasteiger partial charge in [-0.3, -0.25) is 9.59 Å². The van der Waals surface area contributed by atoms with Crippen molar-refractivity contribution in [3.05, 3.63) is 113 Å². The summed E-state index contributed by atoms with van der Waals surface area (Å²) < 4.78 is 0. The van der Waals surface area contributed by atoms with Gasteiger partial charge in [-0.05, 0) is 74.8 Å². The van der Waals surface area contributed by atoms with Gasteiger partial charge < -0.3 is 26.2 Å². The van der Waals surface area contributed by atoms with Crippen molar-refractivity contribution in [3.8, 4) is 6.07 Å². The third-order valence-corrected chi connectivity index (χ3v) is 7.22. The zero-order chi connectivity index (χ0) is 30.2. The van der Waals surface area contributed by atoms with Crippen molar-refractivity contribution in [2.24, 2.45) is 0 Å². The molecule has 1 aliphatic heterocycles. The Bertz CT molecular complexity index is 1730. The van der Waals surface area contributed by atoms with Crippen molar-refractivity contribution in [2.75, 3.05) is 41.9 Å². The second-order valence-electron chi connectivity index (χ2n) is 9.70. The second kappa shape index (κ2) is 13.5. The van der Waals surface area contributed by atoms with E-state index in [1.54, 1.807) is 66.9 Å². The van der Waals surface area contributed by atoms with Crippen LogP contribution < -0.4 is 21.3 Å². The molecule has 10 nitrogen and oxygen atoms in total. The minimum atomic E-state index is -0.311. The number of hydrogen-bond acceptors (Lipinski definition) is 9. The Morgan fingerprint density at radius 2 is 1.77 bits per heavy atom. The van der Waals surface area contributed by atoms with Crippen LogP contribution in [0.5, 0.6) is 0 Å². The molecule has 2 heterocycles. The number of hydrogen-bond donors (Lipinski definition) is 4. The van der Waals surface area contributed by atoms with Crippen LogP contribution in [-0.2, 0) is 4.79 Å². The Kier molecular flexibility index (Phi) is 9.11. The number of fused-ring (bicyclic) bond motifs is 1. The summed E-state index contributed by atoms with van der Waals surface area (Å²) in [5, 5.41) is 22.7. The van der Waals surface area contributed by atoms with E-state index in [1.165, 1.54) is 17.8 Å². The molecular weight excluding hydrogens is 560 g/mol. The summed E-state index contributed by atoms with van der Waals surface area (Å²) in [5.74, 6) is -0.246. The molecule has 4 aromatic rings. The van der Waals surface area contributed by atoms with E-state index in [2.05, 4.69) is 37.3 Å². The average Bonchev–Trinajstić information content (AvgIpc) is 3.42. The van der Waals surface area contributed by atoms with Crippen LogP contribution in [0.2, 0.25) is 0 Å². The molecule has 0 saturated carbocycles. The number of carbonyl (C=O) groups excluding carboxylic acids is 2. The Balaban J connectivity index is 1.21. The van der Waals surface area contributed by atoms with E-state index in [0.717, 1.165) is 15.6 Å². The predicted molar refractivity (Wildman–Crippen MR) is 171 cm³/mol. The molecule has 0 radical (unpaired) electrons. The van der Waals surface area contributed by atoms with E-state index in [4.69, 9.17) is 0 Å². The van der Waals surface area contributed by atoms with Crippen LogP contribution in [0.3, 0.4) is 0 Å². The molecule has 0 spiro atoms. The van der Waals surface area contributed by atoms with Gasteiger partial charge in [0.1, 0.15) is 11.6 Å². The van der Waals surface area contributed by atoms with Crippen LogP contribution in [0.15, 0.2) is 107 Å². The van der Waals surface area contributed by atoms with Crippen LogP contribution in [0.4, 0.5) is 28.7 Å². The number of benzene rings is 3. The van der Waals surface area contributed by atoms with E-state index in [9.17, 15) is 14.9 Å². The molecule has 0 aliphatic carbocycles. The molecular formula is C32H28N8O2S. The smallest absolute Gasteiger partial charge is 0.255 e. The minimum Gasteiger partial charge on any atom is -0.348 e. The molecule has 0 fully saturated rings. The van der Waals surface area contributed by atoms with Crippen molar-refractivity contribution in [1.29, 1.82) is 5.26 Å². The van der Waals surface area contributed by atoms with Crippen LogP contribution >= 0.6 is 11.8 Å². The number of thioether (sulfide) groups is 1. The molecule has 4 N–H and O–H groups in total. The molecule has 3 aromatic carbocycles. The van der Waals surface area contributed by atoms with Gasteiger partial charge in [-0.1, -0.05) is 36.0 Å². The number of anilines is 5. The molecule has 2 amide bonds. The first kappa shape index (κ1) is 29.1. The Morgan fingerprint density at radius 3 is 2.53 bits per heavy atom. The highest BCUT2D eigenvalue weighted by molar-refractivity contribution is 8.04. The first-order valence-electron chi connectivity index (χ1n) is 13.3. The first-order valence-corrected chi connectivity index (χ1v) is 14.1. The maximum absolute atomic E-state index is 12.9. The minimum absolute atomic E-state index is 0.267. The standard InChI is InChI=1S/C32H28N8O2S/c1-40(2)18-6-11-29(41)35-24-8-5-7-21(19-24)30(42)36-22-12-14-23(15-13-22)37-32-34-17-16-26(39-32)25(20-33)31-38-27-9-3-4-10-28(27)43-31/h3-17,19,38H,18H2,1-2H3,(H,35,41)(H,36,42)(H,34,37,39)/b11-6+,31-25+. The molecule has 43 heavy (non-hydrogen) atoms. The molecule has 11 heteroatoms. The second-order valence-corrected chi connectivity index (χ2v) is 10.7. The Morgan fingerprint density at radius 1 is 0.977 bits per heavy atom. The van der Waals surface area contributed by atoms with Gasteiger partial charge >= 0.3 is 0 Å². The van der Waals surface area contributed by atoms with E-state index in [1.807, 2.05) is 43.3 Å². The van der Waals surface area contributed by atoms with Crippen LogP contribution in [0.1, 0.15) is 16.1 Å². The van der Waals surface area contributed by atoms with E-state index in [-0.39, 0.29) is 11.8 Å². The van der Waals surface area contributed by atoms with Crippen molar-refractivity contribution in [1.82, 2.24) is 14.9 Å². The Hall–Kier alpha value is -5.44. The lowest BCUT2D eigenvalue weighted by molar-refractivity contribution is -0.111. The predicted octanol–water partition coefficient (Wildman–Crippen LogP) is 5.94. The molecule has 0 saturated heterocycles. The molecule has 1 aromatic heterocycles. The van der Waals surface area contributed by atoms with Crippen molar-refractivity contribution < 1.29 is 9.59 Å². The van der Waals surface area contributed by atoms with E-state index < -0.39 is 0 Å². The molecule has 0 atom stereocenters. The summed E-state index contributed by atoms with van der Waals surface area (Å²) in [6.07, 6.45) is 4.83. The third kappa shape index (κ3) is 7.65. The van der Waals surface area contributed by atoms with Crippen molar-refractivity contribution in [3.63, 3.8) is 0 Å². The van der Waals surface area contributed by atoms with Crippen LogP contribution in [0.25, 0.3) is 5.57 Å². The lowest BCUT2D eigenvalue weighted by atomic mass is 10.1. The largest absolute Gasteiger partial charge is 0.348 e. The summed E-state index contributed by atoms with van der Waals surface area (Å²) in [4.78, 5) is 36.9. The Labute approximate surface area is 253 Å². The summed E-state index contributed by atoms with van der Waals surface area (Å²) in [7, 11) is 3.83. The molecule has 214 valence electrons. The fraction of sp³-hybridized carbons (Fsp3) is 0.0938. The number of nitrogens with zero attached hydrogens (tertiary/aromatic N) is 4. The molecule has 5 rings (SSSR count). The zero-order valence-electron chi connectivity index (χ0n) is 23.5. The first-order chi connectivity index (χ1) is 20.9. The topological polar surface area (TPSA) is 135 Å². The number of para-hydroxylation sites is 1. The number of nitrogens with one attached hydrogen (secondary N) is 4. The van der Waals surface area contributed by atoms with Gasteiger partial charge in [0.15, 0.2) is 0 Å². The zero-order valence-corrected chi connectivity index (χ0v) is 24.3. The summed E-state index contributed by atoms with van der Waals surface area (Å²) in [6.45, 7) is 0.649. The van der Waals surface area contributed by atoms with Gasteiger partial charge in [0.2, 0.25) is 11.9 Å². The number of allylic oxidation sites excluding steroid dienone is 1. The van der Waals surface area contributed by atoms with Gasteiger partial charge in [0, 0.05) is 46.3 Å². The maximum Gasteiger partial charge on any atom is 0.255 e. The number of likely N-dealkylation sites (N-methyl/N-ethyl adjacent to an activating group) is 1. The molecule has 1 aliphatic rings. The summed E-state index contributed by atoms with van der Waals surface area (Å²) >= 11 is 1.49. The lowest BCUT2D eigenvalue weighted by Crippen LogP contribution is -2.14. The lowest BCUT2D eigenvalue weighted by Gasteiger charge is -2.10. The van der Waals surface area contributed by atoms with Gasteiger partial charge in [0.05, 0.1) is 16.4 Å². The van der Waals surface area contributed by atoms with Gasteiger partial charge in [-0.15, -0.1) is 0 Å². The highest BCUT2D eigenvalue weighted by atomic mass is 32.2. The van der Waals surface area contributed by atoms with E-state index in [0.29, 0.717) is 46.4 Å². The molecule has 0 unspecified atom stereocenters. The number of aromatic nitrogens is 2. The average molecular weight is 589 g/mol. The summed E-state index contributed by atoms with van der Waals surface area (Å²) in [6, 6.07) is 25.6. The maximum atomic E-state index is 12.9. The van der Waals surface area contributed by atoms with Crippen LogP contribution in [-0.4, -0.2) is 47.3 Å². The van der Waals surface area contributed by atoms with Gasteiger partial charge in [-0.2, -0.15) is 5.26 Å². The number of amides is 2. The summed E-state index contributed by atoms with van der Waals surface area (Å²) in [5.41, 5.74) is 4.10. The number of nitriles is 1. The monoisotopic (exact) mass is 588 g/mol. The quantitative estimate of drug-likeness (QED) is 0.138.